The number of nitrogens with zero attached hydrogens (tertiary/aromatic N) is 5. The van der Waals surface area contributed by atoms with E-state index in [1.54, 1.807) is 17.9 Å². The maximum absolute atomic E-state index is 11.8. The average molecular weight is 315 g/mol. The highest BCUT2D eigenvalue weighted by Crippen LogP contribution is 2.11. The molecule has 1 aromatic carbocycles. The molecule has 0 saturated carbocycles. The van der Waals surface area contributed by atoms with Crippen LogP contribution in [0, 0.1) is 6.92 Å². The van der Waals surface area contributed by atoms with Crippen LogP contribution in [0.25, 0.3) is 5.69 Å². The number of hydrogen-bond donors (Lipinski definition) is 2. The first kappa shape index (κ1) is 14.1. The molecule has 3 aromatic rings. The number of amides is 2. The molecule has 0 spiro atoms. The van der Waals surface area contributed by atoms with E-state index in [0.717, 1.165) is 22.8 Å². The lowest BCUT2D eigenvalue weighted by Crippen LogP contribution is -2.28. The minimum Gasteiger partial charge on any atom is -0.334 e. The number of aromatic nitrogens is 5. The fourth-order valence-electron chi connectivity index (χ4n) is 1.82. The summed E-state index contributed by atoms with van der Waals surface area (Å²) in [6.07, 6.45) is 3.10. The number of anilines is 1. The Hall–Kier alpha value is -2.81. The lowest BCUT2D eigenvalue weighted by molar-refractivity contribution is 0.251. The second-order valence-corrected chi connectivity index (χ2v) is 5.22. The van der Waals surface area contributed by atoms with Crippen LogP contribution >= 0.6 is 11.5 Å². The van der Waals surface area contributed by atoms with Gasteiger partial charge in [0.15, 0.2) is 0 Å². The summed E-state index contributed by atoms with van der Waals surface area (Å²) < 4.78 is 5.66. The molecule has 0 aliphatic rings. The van der Waals surface area contributed by atoms with Crippen LogP contribution in [0.1, 0.15) is 11.4 Å². The molecule has 22 heavy (non-hydrogen) atoms. The zero-order valence-electron chi connectivity index (χ0n) is 11.7. The number of rotatable bonds is 4. The molecule has 0 unspecified atom stereocenters. The summed E-state index contributed by atoms with van der Waals surface area (Å²) in [7, 11) is 0. The van der Waals surface area contributed by atoms with E-state index < -0.39 is 0 Å². The molecule has 0 aliphatic carbocycles. The Morgan fingerprint density at radius 1 is 1.41 bits per heavy atom. The second-order valence-electron chi connectivity index (χ2n) is 4.46. The molecule has 0 saturated heterocycles. The summed E-state index contributed by atoms with van der Waals surface area (Å²) >= 11 is 1.15. The number of carbonyl (C=O) groups excluding carboxylic acids is 1. The van der Waals surface area contributed by atoms with Gasteiger partial charge in [-0.3, -0.25) is 5.32 Å². The van der Waals surface area contributed by atoms with Crippen molar-refractivity contribution in [1.82, 2.24) is 29.4 Å². The minimum absolute atomic E-state index is 0.317. The maximum atomic E-state index is 11.8. The maximum Gasteiger partial charge on any atom is 0.321 e. The van der Waals surface area contributed by atoms with E-state index in [1.165, 1.54) is 6.33 Å². The molecule has 2 amide bonds. The van der Waals surface area contributed by atoms with Crippen molar-refractivity contribution in [3.63, 3.8) is 0 Å². The zero-order chi connectivity index (χ0) is 15.4. The molecule has 2 N–H and O–H groups in total. The van der Waals surface area contributed by atoms with Gasteiger partial charge < -0.3 is 5.32 Å². The molecule has 0 bridgehead atoms. The van der Waals surface area contributed by atoms with E-state index in [2.05, 4.69) is 30.1 Å². The molecule has 0 fully saturated rings. The van der Waals surface area contributed by atoms with Gasteiger partial charge in [-0.05, 0) is 24.6 Å². The first-order valence-corrected chi connectivity index (χ1v) is 7.27. The molecular formula is C13H13N7OS. The number of carbonyl (C=O) groups is 1. The first-order chi connectivity index (χ1) is 10.7. The van der Waals surface area contributed by atoms with E-state index in [1.807, 2.05) is 24.3 Å². The predicted octanol–water partition coefficient (Wildman–Crippen LogP) is 1.75. The lowest BCUT2D eigenvalue weighted by Gasteiger charge is -2.07. The number of urea groups is 1. The van der Waals surface area contributed by atoms with Crippen LogP contribution < -0.4 is 10.6 Å². The van der Waals surface area contributed by atoms with Gasteiger partial charge in [0.1, 0.15) is 18.5 Å². The van der Waals surface area contributed by atoms with Crippen molar-refractivity contribution in [3.8, 4) is 5.69 Å². The summed E-state index contributed by atoms with van der Waals surface area (Å²) in [5.41, 5.74) is 1.84. The van der Waals surface area contributed by atoms with Gasteiger partial charge in [0.25, 0.3) is 0 Å². The van der Waals surface area contributed by atoms with E-state index in [-0.39, 0.29) is 6.03 Å². The largest absolute Gasteiger partial charge is 0.334 e. The third kappa shape index (κ3) is 3.44. The highest BCUT2D eigenvalue weighted by molar-refractivity contribution is 7.09. The minimum atomic E-state index is -0.317. The molecule has 3 rings (SSSR count). The van der Waals surface area contributed by atoms with Crippen molar-refractivity contribution in [2.45, 2.75) is 13.5 Å². The summed E-state index contributed by atoms with van der Waals surface area (Å²) in [4.78, 5) is 19.8. The molecule has 9 heteroatoms. The van der Waals surface area contributed by atoms with Gasteiger partial charge in [0.05, 0.1) is 5.69 Å². The second kappa shape index (κ2) is 6.31. The Morgan fingerprint density at radius 2 is 2.32 bits per heavy atom. The molecule has 0 aliphatic heterocycles. The summed E-state index contributed by atoms with van der Waals surface area (Å²) in [6, 6.07) is 7.37. The van der Waals surface area contributed by atoms with Gasteiger partial charge in [-0.25, -0.2) is 19.4 Å². The van der Waals surface area contributed by atoms with E-state index in [9.17, 15) is 4.79 Å². The SMILES string of the molecule is Cc1nsc(NC(=O)NCc2cccc(-n3cncn3)c2)n1. The highest BCUT2D eigenvalue weighted by atomic mass is 32.1. The van der Waals surface area contributed by atoms with Crippen molar-refractivity contribution in [2.24, 2.45) is 0 Å². The third-order valence-corrected chi connectivity index (χ3v) is 3.52. The lowest BCUT2D eigenvalue weighted by atomic mass is 10.2. The number of hydrogen-bond acceptors (Lipinski definition) is 6. The van der Waals surface area contributed by atoms with Gasteiger partial charge >= 0.3 is 6.03 Å². The fraction of sp³-hybridized carbons (Fsp3) is 0.154. The Bertz CT molecular complexity index is 768. The van der Waals surface area contributed by atoms with Crippen LogP contribution in [0.15, 0.2) is 36.9 Å². The molecule has 2 heterocycles. The standard InChI is InChI=1S/C13H13N7OS/c1-9-17-13(22-19-9)18-12(21)15-6-10-3-2-4-11(5-10)20-8-14-7-16-20/h2-5,7-8H,6H2,1H3,(H2,15,17,18,19,21). The predicted molar refractivity (Wildman–Crippen MR) is 81.9 cm³/mol. The summed E-state index contributed by atoms with van der Waals surface area (Å²) in [6.45, 7) is 2.17. The Morgan fingerprint density at radius 3 is 3.05 bits per heavy atom. The molecule has 0 radical (unpaired) electrons. The van der Waals surface area contributed by atoms with Crippen molar-refractivity contribution >= 4 is 22.7 Å². The number of benzene rings is 1. The molecule has 8 nitrogen and oxygen atoms in total. The Labute approximate surface area is 130 Å². The van der Waals surface area contributed by atoms with Crippen LogP contribution in [-0.2, 0) is 6.54 Å². The molecule has 2 aromatic heterocycles. The van der Waals surface area contributed by atoms with Gasteiger partial charge in [-0.1, -0.05) is 12.1 Å². The van der Waals surface area contributed by atoms with E-state index >= 15 is 0 Å². The van der Waals surface area contributed by atoms with Crippen LogP contribution in [0.5, 0.6) is 0 Å². The van der Waals surface area contributed by atoms with Crippen LogP contribution in [0.4, 0.5) is 9.93 Å². The van der Waals surface area contributed by atoms with Crippen LogP contribution in [0.2, 0.25) is 0 Å². The van der Waals surface area contributed by atoms with Crippen molar-refractivity contribution < 1.29 is 4.79 Å². The zero-order valence-corrected chi connectivity index (χ0v) is 12.5. The average Bonchev–Trinajstić information content (AvgIpc) is 3.17. The van der Waals surface area contributed by atoms with Gasteiger partial charge in [-0.15, -0.1) is 0 Å². The highest BCUT2D eigenvalue weighted by Gasteiger charge is 2.06. The van der Waals surface area contributed by atoms with E-state index in [4.69, 9.17) is 0 Å². The quantitative estimate of drug-likeness (QED) is 0.764. The van der Waals surface area contributed by atoms with Gasteiger partial charge in [0.2, 0.25) is 5.13 Å². The number of aryl methyl sites for hydroxylation is 1. The topological polar surface area (TPSA) is 97.6 Å². The Balaban J connectivity index is 1.59. The molecule has 112 valence electrons. The van der Waals surface area contributed by atoms with Crippen LogP contribution in [-0.4, -0.2) is 30.2 Å². The summed E-state index contributed by atoms with van der Waals surface area (Å²) in [5.74, 6) is 0.640. The van der Waals surface area contributed by atoms with Crippen molar-refractivity contribution in [3.05, 3.63) is 48.3 Å². The Kier molecular flexibility index (Phi) is 4.05. The number of nitrogens with one attached hydrogen (secondary N) is 2. The van der Waals surface area contributed by atoms with Crippen molar-refractivity contribution in [1.29, 1.82) is 0 Å². The monoisotopic (exact) mass is 315 g/mol. The summed E-state index contributed by atoms with van der Waals surface area (Å²) in [5, 5.41) is 9.97. The molecular weight excluding hydrogens is 302 g/mol. The normalized spacial score (nSPS) is 10.4. The third-order valence-electron chi connectivity index (χ3n) is 2.79. The van der Waals surface area contributed by atoms with Gasteiger partial charge in [-0.2, -0.15) is 9.47 Å². The van der Waals surface area contributed by atoms with E-state index in [0.29, 0.717) is 17.5 Å². The smallest absolute Gasteiger partial charge is 0.321 e. The fourth-order valence-corrected chi connectivity index (χ4v) is 2.39. The first-order valence-electron chi connectivity index (χ1n) is 6.50. The van der Waals surface area contributed by atoms with Gasteiger partial charge in [0, 0.05) is 18.1 Å². The molecule has 0 atom stereocenters. The van der Waals surface area contributed by atoms with Crippen LogP contribution in [0.3, 0.4) is 0 Å². The van der Waals surface area contributed by atoms with Crippen molar-refractivity contribution in [2.75, 3.05) is 5.32 Å².